The van der Waals surface area contributed by atoms with Crippen LogP contribution in [0.4, 0.5) is 0 Å². The van der Waals surface area contributed by atoms with Gasteiger partial charge in [0.2, 0.25) is 0 Å². The highest BCUT2D eigenvalue weighted by atomic mass is 28.4. The van der Waals surface area contributed by atoms with E-state index in [4.69, 9.17) is 4.74 Å². The second-order valence-corrected chi connectivity index (χ2v) is 19.9. The molecule has 0 amide bonds. The van der Waals surface area contributed by atoms with E-state index in [9.17, 15) is 4.79 Å². The molecule has 0 aliphatic heterocycles. The molecule has 3 atom stereocenters. The standard InChI is InChI=1S/C14H22O2.C7H20Si2.4CH4/c1-14(6-2-3-7-14)16-13(15)12-9-10-4-5-11(12)8-10;1-6-9(4,5)7-8(2)3;;;;/h10-12H,2-9H2,1H3;8H,6-7H2,1-5H3;4*1H4. The van der Waals surface area contributed by atoms with Crippen molar-refractivity contribution in [1.82, 2.24) is 0 Å². The predicted octanol–water partition coefficient (Wildman–Crippen LogP) is 8.58. The van der Waals surface area contributed by atoms with Crippen molar-refractivity contribution in [2.45, 2.75) is 138 Å². The summed E-state index contributed by atoms with van der Waals surface area (Å²) in [5.74, 6) is 1.86. The molecule has 0 saturated heterocycles. The monoisotopic (exact) mass is 446 g/mol. The van der Waals surface area contributed by atoms with E-state index in [1.54, 1.807) is 5.67 Å². The SMILES string of the molecule is C.C.C.C.CC1(OC(=O)C2CC3CCC2C3)CCCC1.CC[Si](C)(C)C[SiH](C)C. The molecule has 0 heterocycles. The minimum Gasteiger partial charge on any atom is -0.459 e. The number of carbonyl (C=O) groups is 1. The summed E-state index contributed by atoms with van der Waals surface area (Å²) in [6, 6.07) is 1.47. The van der Waals surface area contributed by atoms with E-state index in [0.29, 0.717) is 5.92 Å². The Bertz CT molecular complexity index is 442. The van der Waals surface area contributed by atoms with Gasteiger partial charge in [-0.15, -0.1) is 0 Å². The summed E-state index contributed by atoms with van der Waals surface area (Å²) in [5.41, 5.74) is 1.50. The lowest BCUT2D eigenvalue weighted by molar-refractivity contribution is -0.164. The predicted molar refractivity (Wildman–Crippen MR) is 140 cm³/mol. The first-order valence-electron chi connectivity index (χ1n) is 10.9. The van der Waals surface area contributed by atoms with Crippen molar-refractivity contribution in [2.75, 3.05) is 0 Å². The van der Waals surface area contributed by atoms with Gasteiger partial charge in [0.05, 0.1) is 5.92 Å². The molecular formula is C25H58O2Si2. The molecule has 0 aromatic rings. The molecule has 0 N–H and O–H groups in total. The fourth-order valence-electron chi connectivity index (χ4n) is 5.33. The molecule has 2 bridgehead atoms. The molecule has 3 fully saturated rings. The van der Waals surface area contributed by atoms with Gasteiger partial charge in [0, 0.05) is 16.9 Å². The number of fused-ring (bicyclic) bond motifs is 2. The van der Waals surface area contributed by atoms with Crippen LogP contribution in [0.2, 0.25) is 37.9 Å². The summed E-state index contributed by atoms with van der Waals surface area (Å²) in [5, 5.41) is 0. The van der Waals surface area contributed by atoms with Crippen LogP contribution in [0.25, 0.3) is 0 Å². The summed E-state index contributed by atoms with van der Waals surface area (Å²) >= 11 is 0. The summed E-state index contributed by atoms with van der Waals surface area (Å²) in [7, 11) is -0.930. The molecule has 0 radical (unpaired) electrons. The van der Waals surface area contributed by atoms with E-state index in [1.165, 1.54) is 38.1 Å². The van der Waals surface area contributed by atoms with Gasteiger partial charge in [-0.05, 0) is 63.7 Å². The Hall–Kier alpha value is -0.0962. The zero-order chi connectivity index (χ0) is 18.7. The van der Waals surface area contributed by atoms with E-state index in [-0.39, 0.29) is 56.0 Å². The Balaban J connectivity index is -0.000000464. The van der Waals surface area contributed by atoms with Crippen LogP contribution in [0.15, 0.2) is 0 Å². The van der Waals surface area contributed by atoms with Gasteiger partial charge in [0.25, 0.3) is 0 Å². The van der Waals surface area contributed by atoms with E-state index in [0.717, 1.165) is 25.2 Å². The molecule has 3 saturated carbocycles. The number of hydrogen-bond acceptors (Lipinski definition) is 2. The second kappa shape index (κ2) is 14.1. The second-order valence-electron chi connectivity index (χ2n) is 10.5. The Morgan fingerprint density at radius 1 is 1.03 bits per heavy atom. The van der Waals surface area contributed by atoms with Gasteiger partial charge in [0.1, 0.15) is 5.60 Å². The van der Waals surface area contributed by atoms with Crippen LogP contribution < -0.4 is 0 Å². The average Bonchev–Trinajstić information content (AvgIpc) is 3.23. The number of carbonyl (C=O) groups excluding carboxylic acids is 1. The van der Waals surface area contributed by atoms with Gasteiger partial charge < -0.3 is 4.74 Å². The fraction of sp³-hybridized carbons (Fsp3) is 0.960. The Kier molecular flexibility index (Phi) is 16.3. The van der Waals surface area contributed by atoms with Crippen molar-refractivity contribution < 1.29 is 9.53 Å². The molecule has 2 nitrogen and oxygen atoms in total. The number of hydrogen-bond donors (Lipinski definition) is 0. The molecule has 178 valence electrons. The van der Waals surface area contributed by atoms with Crippen molar-refractivity contribution in [2.24, 2.45) is 17.8 Å². The van der Waals surface area contributed by atoms with Crippen LogP contribution in [0, 0.1) is 17.8 Å². The molecule has 4 heteroatoms. The lowest BCUT2D eigenvalue weighted by Crippen LogP contribution is -2.33. The molecule has 3 aliphatic rings. The van der Waals surface area contributed by atoms with Crippen LogP contribution in [0.3, 0.4) is 0 Å². The maximum Gasteiger partial charge on any atom is 0.309 e. The number of rotatable bonds is 5. The van der Waals surface area contributed by atoms with Crippen LogP contribution in [-0.2, 0) is 9.53 Å². The van der Waals surface area contributed by atoms with Crippen LogP contribution in [0.1, 0.15) is 94.9 Å². The lowest BCUT2D eigenvalue weighted by Gasteiger charge is -2.28. The van der Waals surface area contributed by atoms with Gasteiger partial charge in [-0.3, -0.25) is 4.79 Å². The van der Waals surface area contributed by atoms with Crippen LogP contribution in [-0.4, -0.2) is 28.4 Å². The van der Waals surface area contributed by atoms with E-state index in [1.807, 2.05) is 0 Å². The van der Waals surface area contributed by atoms with Gasteiger partial charge in [-0.25, -0.2) is 0 Å². The molecule has 0 aromatic heterocycles. The van der Waals surface area contributed by atoms with Crippen molar-refractivity contribution in [3.63, 3.8) is 0 Å². The maximum absolute atomic E-state index is 12.2. The Morgan fingerprint density at radius 2 is 1.59 bits per heavy atom. The third-order valence-corrected chi connectivity index (χ3v) is 16.6. The molecule has 3 aliphatic carbocycles. The van der Waals surface area contributed by atoms with Crippen LogP contribution >= 0.6 is 0 Å². The third-order valence-electron chi connectivity index (χ3n) is 6.97. The van der Waals surface area contributed by atoms with E-state index >= 15 is 0 Å². The minimum atomic E-state index is -0.679. The topological polar surface area (TPSA) is 26.3 Å². The van der Waals surface area contributed by atoms with E-state index in [2.05, 4.69) is 40.0 Å². The van der Waals surface area contributed by atoms with Crippen LogP contribution in [0.5, 0.6) is 0 Å². The summed E-state index contributed by atoms with van der Waals surface area (Å²) in [4.78, 5) is 12.2. The first kappa shape index (κ1) is 33.5. The van der Waals surface area contributed by atoms with Crippen molar-refractivity contribution >= 4 is 22.8 Å². The maximum atomic E-state index is 12.2. The van der Waals surface area contributed by atoms with Crippen molar-refractivity contribution in [3.8, 4) is 0 Å². The quantitative estimate of drug-likeness (QED) is 0.312. The smallest absolute Gasteiger partial charge is 0.309 e. The first-order chi connectivity index (χ1) is 11.6. The molecule has 3 rings (SSSR count). The Labute approximate surface area is 188 Å². The third kappa shape index (κ3) is 10.2. The Morgan fingerprint density at radius 3 is 1.93 bits per heavy atom. The zero-order valence-corrected chi connectivity index (χ0v) is 19.9. The highest BCUT2D eigenvalue weighted by Crippen LogP contribution is 2.49. The lowest BCUT2D eigenvalue weighted by atomic mass is 9.89. The average molecular weight is 447 g/mol. The first-order valence-corrected chi connectivity index (χ1v) is 17.4. The minimum absolute atomic E-state index is 0. The number of esters is 1. The highest BCUT2D eigenvalue weighted by molar-refractivity contribution is 6.87. The summed E-state index contributed by atoms with van der Waals surface area (Å²) < 4.78 is 5.80. The molecule has 29 heavy (non-hydrogen) atoms. The van der Waals surface area contributed by atoms with Gasteiger partial charge in [-0.1, -0.05) is 81.0 Å². The van der Waals surface area contributed by atoms with Crippen molar-refractivity contribution in [1.29, 1.82) is 0 Å². The van der Waals surface area contributed by atoms with Gasteiger partial charge >= 0.3 is 5.97 Å². The number of ether oxygens (including phenoxy) is 1. The zero-order valence-electron chi connectivity index (χ0n) is 17.7. The van der Waals surface area contributed by atoms with E-state index < -0.39 is 8.07 Å². The molecule has 0 aromatic carbocycles. The molecule has 0 spiro atoms. The largest absolute Gasteiger partial charge is 0.459 e. The highest BCUT2D eigenvalue weighted by Gasteiger charge is 2.45. The normalized spacial score (nSPS) is 26.1. The van der Waals surface area contributed by atoms with Crippen molar-refractivity contribution in [3.05, 3.63) is 0 Å². The summed E-state index contributed by atoms with van der Waals surface area (Å²) in [6.45, 7) is 14.4. The molecule has 3 unspecified atom stereocenters. The summed E-state index contributed by atoms with van der Waals surface area (Å²) in [6.07, 6.45) is 9.60. The fourth-order valence-corrected chi connectivity index (χ4v) is 15.3. The molecular weight excluding hydrogens is 388 g/mol. The van der Waals surface area contributed by atoms with Gasteiger partial charge in [0.15, 0.2) is 0 Å². The van der Waals surface area contributed by atoms with Gasteiger partial charge in [-0.2, -0.15) is 0 Å².